The minimum Gasteiger partial charge on any atom is -0.396 e. The van der Waals surface area contributed by atoms with Crippen molar-refractivity contribution < 1.29 is 27.6 Å². The first-order valence-corrected chi connectivity index (χ1v) is 9.10. The van der Waals surface area contributed by atoms with Gasteiger partial charge in [0.05, 0.1) is 5.56 Å². The van der Waals surface area contributed by atoms with Crippen molar-refractivity contribution in [2.24, 2.45) is 17.8 Å². The van der Waals surface area contributed by atoms with Crippen LogP contribution in [0.2, 0.25) is 5.02 Å². The maximum Gasteiger partial charge on any atom is 0.416 e. The molecule has 1 amide bonds. The number of nitrogens with zero attached hydrogens (tertiary/aromatic N) is 1. The molecule has 4 atom stereocenters. The maximum atomic E-state index is 12.7. The van der Waals surface area contributed by atoms with Crippen molar-refractivity contribution in [3.8, 4) is 11.3 Å². The summed E-state index contributed by atoms with van der Waals surface area (Å²) in [5.74, 6) is -0.218. The van der Waals surface area contributed by atoms with Gasteiger partial charge in [0.15, 0.2) is 11.5 Å². The first-order valence-electron chi connectivity index (χ1n) is 8.72. The summed E-state index contributed by atoms with van der Waals surface area (Å²) in [7, 11) is 0. The van der Waals surface area contributed by atoms with Gasteiger partial charge < -0.3 is 14.9 Å². The smallest absolute Gasteiger partial charge is 0.396 e. The van der Waals surface area contributed by atoms with Gasteiger partial charge in [-0.05, 0) is 30.4 Å². The molecule has 1 aromatic heterocycles. The predicted octanol–water partition coefficient (Wildman–Crippen LogP) is 3.93. The van der Waals surface area contributed by atoms with E-state index in [-0.39, 0.29) is 52.4 Å². The molecular formula is C19H16ClF3N2O3. The van der Waals surface area contributed by atoms with Crippen LogP contribution >= 0.6 is 11.6 Å². The summed E-state index contributed by atoms with van der Waals surface area (Å²) in [6, 6.07) is 4.00. The van der Waals surface area contributed by atoms with E-state index in [0.29, 0.717) is 0 Å². The SMILES string of the molecule is O=C(N[C@@H]1[C@H](CO)[C@H]2C=C[C@@H]1C2)c1noc(-c2ccc(C(F)(F)F)cc2)c1Cl. The lowest BCUT2D eigenvalue weighted by molar-refractivity contribution is -0.137. The molecule has 0 aliphatic heterocycles. The molecule has 28 heavy (non-hydrogen) atoms. The number of benzene rings is 1. The molecule has 0 unspecified atom stereocenters. The summed E-state index contributed by atoms with van der Waals surface area (Å²) in [4.78, 5) is 12.6. The van der Waals surface area contributed by atoms with E-state index in [9.17, 15) is 23.1 Å². The molecule has 2 N–H and O–H groups in total. The molecule has 1 saturated carbocycles. The summed E-state index contributed by atoms with van der Waals surface area (Å²) < 4.78 is 43.2. The Balaban J connectivity index is 1.53. The van der Waals surface area contributed by atoms with Crippen LogP contribution in [0.3, 0.4) is 0 Å². The zero-order chi connectivity index (χ0) is 20.1. The van der Waals surface area contributed by atoms with Gasteiger partial charge in [-0.1, -0.05) is 41.0 Å². The second kappa shape index (κ2) is 6.93. The summed E-state index contributed by atoms with van der Waals surface area (Å²) in [5, 5.41) is 16.1. The number of rotatable bonds is 4. The van der Waals surface area contributed by atoms with E-state index in [4.69, 9.17) is 16.1 Å². The molecule has 148 valence electrons. The van der Waals surface area contributed by atoms with E-state index in [1.807, 2.05) is 6.08 Å². The van der Waals surface area contributed by atoms with Gasteiger partial charge in [-0.3, -0.25) is 4.79 Å². The van der Waals surface area contributed by atoms with Crippen LogP contribution in [0.5, 0.6) is 0 Å². The van der Waals surface area contributed by atoms with Crippen molar-refractivity contribution in [2.45, 2.75) is 18.6 Å². The lowest BCUT2D eigenvalue weighted by atomic mass is 9.89. The van der Waals surface area contributed by atoms with Crippen molar-refractivity contribution in [3.05, 3.63) is 52.7 Å². The fourth-order valence-corrected chi connectivity index (χ4v) is 4.28. The van der Waals surface area contributed by atoms with Crippen LogP contribution in [-0.4, -0.2) is 28.8 Å². The van der Waals surface area contributed by atoms with Gasteiger partial charge in [-0.2, -0.15) is 13.2 Å². The number of aliphatic hydroxyl groups is 1. The second-order valence-electron chi connectivity index (χ2n) is 7.04. The molecule has 2 aromatic rings. The topological polar surface area (TPSA) is 75.4 Å². The number of halogens is 4. The molecule has 1 fully saturated rings. The Hall–Kier alpha value is -2.32. The predicted molar refractivity (Wildman–Crippen MR) is 94.5 cm³/mol. The standard InChI is InChI=1S/C19H16ClF3N2O3/c20-14-16(18(27)24-15-11-2-1-10(7-11)13(15)8-26)25-28-17(14)9-3-5-12(6-4-9)19(21,22)23/h1-6,10-11,13,15,26H,7-8H2,(H,24,27)/t10-,11+,13+,15-/m0/s1. The Labute approximate surface area is 163 Å². The molecule has 2 aliphatic carbocycles. The number of hydrogen-bond acceptors (Lipinski definition) is 4. The van der Waals surface area contributed by atoms with Gasteiger partial charge in [0.2, 0.25) is 0 Å². The van der Waals surface area contributed by atoms with Gasteiger partial charge in [0, 0.05) is 24.1 Å². The van der Waals surface area contributed by atoms with Gasteiger partial charge >= 0.3 is 6.18 Å². The Morgan fingerprint density at radius 2 is 1.93 bits per heavy atom. The van der Waals surface area contributed by atoms with Crippen LogP contribution in [-0.2, 0) is 6.18 Å². The number of hydrogen-bond donors (Lipinski definition) is 2. The second-order valence-corrected chi connectivity index (χ2v) is 7.42. The molecule has 0 spiro atoms. The Kier molecular flexibility index (Phi) is 4.71. The van der Waals surface area contributed by atoms with Crippen LogP contribution in [0.25, 0.3) is 11.3 Å². The molecule has 1 aromatic carbocycles. The number of carbonyl (C=O) groups excluding carboxylic acids is 1. The van der Waals surface area contributed by atoms with E-state index in [0.717, 1.165) is 18.6 Å². The third-order valence-electron chi connectivity index (χ3n) is 5.46. The number of aromatic nitrogens is 1. The van der Waals surface area contributed by atoms with Gasteiger partial charge in [0.1, 0.15) is 5.02 Å². The quantitative estimate of drug-likeness (QED) is 0.746. The Morgan fingerprint density at radius 3 is 2.57 bits per heavy atom. The van der Waals surface area contributed by atoms with Crippen molar-refractivity contribution in [1.29, 1.82) is 0 Å². The average molecular weight is 413 g/mol. The molecule has 4 rings (SSSR count). The van der Waals surface area contributed by atoms with Crippen LogP contribution in [0.4, 0.5) is 13.2 Å². The van der Waals surface area contributed by atoms with Crippen molar-refractivity contribution >= 4 is 17.5 Å². The number of nitrogens with one attached hydrogen (secondary N) is 1. The highest BCUT2D eigenvalue weighted by atomic mass is 35.5. The monoisotopic (exact) mass is 412 g/mol. The van der Waals surface area contributed by atoms with Gasteiger partial charge in [-0.25, -0.2) is 0 Å². The summed E-state index contributed by atoms with van der Waals surface area (Å²) >= 11 is 6.22. The van der Waals surface area contributed by atoms with Gasteiger partial charge in [0.25, 0.3) is 5.91 Å². The van der Waals surface area contributed by atoms with Crippen LogP contribution in [0.1, 0.15) is 22.5 Å². The number of allylic oxidation sites excluding steroid dienone is 1. The van der Waals surface area contributed by atoms with Crippen LogP contribution in [0.15, 0.2) is 40.9 Å². The molecule has 9 heteroatoms. The number of alkyl halides is 3. The van der Waals surface area contributed by atoms with Gasteiger partial charge in [-0.15, -0.1) is 0 Å². The highest BCUT2D eigenvalue weighted by molar-refractivity contribution is 6.35. The third-order valence-corrected chi connectivity index (χ3v) is 5.81. The number of carbonyl (C=O) groups is 1. The van der Waals surface area contributed by atoms with E-state index in [1.54, 1.807) is 0 Å². The average Bonchev–Trinajstić information content (AvgIpc) is 3.35. The van der Waals surface area contributed by atoms with E-state index in [1.165, 1.54) is 12.1 Å². The molecule has 1 heterocycles. The van der Waals surface area contributed by atoms with Crippen LogP contribution in [0, 0.1) is 17.8 Å². The van der Waals surface area contributed by atoms with E-state index in [2.05, 4.69) is 16.5 Å². The lowest BCUT2D eigenvalue weighted by Gasteiger charge is -2.27. The molecule has 2 bridgehead atoms. The summed E-state index contributed by atoms with van der Waals surface area (Å²) in [6.45, 7) is -0.0419. The molecule has 0 saturated heterocycles. The number of fused-ring (bicyclic) bond motifs is 2. The third kappa shape index (κ3) is 3.20. The zero-order valence-corrected chi connectivity index (χ0v) is 15.2. The summed E-state index contributed by atoms with van der Waals surface area (Å²) in [5.41, 5.74) is -0.662. The van der Waals surface area contributed by atoms with E-state index < -0.39 is 17.6 Å². The van der Waals surface area contributed by atoms with Crippen molar-refractivity contribution in [2.75, 3.05) is 6.61 Å². The van der Waals surface area contributed by atoms with E-state index >= 15 is 0 Å². The van der Waals surface area contributed by atoms with Crippen molar-refractivity contribution in [1.82, 2.24) is 10.5 Å². The summed E-state index contributed by atoms with van der Waals surface area (Å²) in [6.07, 6.45) is 0.506. The first-order chi connectivity index (χ1) is 13.3. The molecule has 0 radical (unpaired) electrons. The Bertz CT molecular complexity index is 923. The first kappa shape index (κ1) is 19.0. The molecule has 2 aliphatic rings. The largest absolute Gasteiger partial charge is 0.416 e. The molecular weight excluding hydrogens is 397 g/mol. The fraction of sp³-hybridized carbons (Fsp3) is 0.368. The number of aliphatic hydroxyl groups excluding tert-OH is 1. The lowest BCUT2D eigenvalue weighted by Crippen LogP contribution is -2.44. The number of amides is 1. The zero-order valence-electron chi connectivity index (χ0n) is 14.4. The van der Waals surface area contributed by atoms with Crippen molar-refractivity contribution in [3.63, 3.8) is 0 Å². The minimum atomic E-state index is -4.45. The highest BCUT2D eigenvalue weighted by Gasteiger charge is 2.45. The normalized spacial score (nSPS) is 26.0. The minimum absolute atomic E-state index is 0.0205. The Morgan fingerprint density at radius 1 is 1.25 bits per heavy atom. The fourth-order valence-electron chi connectivity index (χ4n) is 4.02. The highest BCUT2D eigenvalue weighted by Crippen LogP contribution is 2.43. The molecule has 5 nitrogen and oxygen atoms in total. The van der Waals surface area contributed by atoms with Crippen LogP contribution < -0.4 is 5.32 Å². The maximum absolute atomic E-state index is 12.7.